The SMILES string of the molecule is CON(C)C(O)c1ccco1. The van der Waals surface area contributed by atoms with Gasteiger partial charge in [0, 0.05) is 7.05 Å². The maximum atomic E-state index is 9.39. The summed E-state index contributed by atoms with van der Waals surface area (Å²) in [7, 11) is 3.10. The third kappa shape index (κ3) is 1.80. The van der Waals surface area contributed by atoms with Crippen LogP contribution in [0.25, 0.3) is 0 Å². The van der Waals surface area contributed by atoms with Gasteiger partial charge in [-0.05, 0) is 12.1 Å². The van der Waals surface area contributed by atoms with Gasteiger partial charge in [-0.2, -0.15) is 5.06 Å². The van der Waals surface area contributed by atoms with Gasteiger partial charge in [0.15, 0.2) is 6.23 Å². The van der Waals surface area contributed by atoms with E-state index in [4.69, 9.17) is 9.25 Å². The molecule has 1 aromatic rings. The van der Waals surface area contributed by atoms with Crippen molar-refractivity contribution < 1.29 is 14.4 Å². The molecular weight excluding hydrogens is 146 g/mol. The average molecular weight is 157 g/mol. The Morgan fingerprint density at radius 2 is 2.45 bits per heavy atom. The summed E-state index contributed by atoms with van der Waals surface area (Å²) in [6.07, 6.45) is 0.664. The lowest BCUT2D eigenvalue weighted by Gasteiger charge is -2.18. The van der Waals surface area contributed by atoms with Crippen molar-refractivity contribution in [3.63, 3.8) is 0 Å². The topological polar surface area (TPSA) is 45.8 Å². The molecule has 0 bridgehead atoms. The van der Waals surface area contributed by atoms with Crippen molar-refractivity contribution >= 4 is 0 Å². The van der Waals surface area contributed by atoms with Crippen LogP contribution in [0.15, 0.2) is 22.8 Å². The van der Waals surface area contributed by atoms with Gasteiger partial charge in [-0.15, -0.1) is 0 Å². The smallest absolute Gasteiger partial charge is 0.188 e. The Morgan fingerprint density at radius 3 is 2.91 bits per heavy atom. The minimum Gasteiger partial charge on any atom is -0.465 e. The van der Waals surface area contributed by atoms with Crippen molar-refractivity contribution in [1.82, 2.24) is 5.06 Å². The van der Waals surface area contributed by atoms with Crippen LogP contribution in [0.3, 0.4) is 0 Å². The lowest BCUT2D eigenvalue weighted by Crippen LogP contribution is -2.22. The van der Waals surface area contributed by atoms with Crippen LogP contribution in [0.1, 0.15) is 12.0 Å². The zero-order valence-electron chi connectivity index (χ0n) is 6.52. The first-order valence-corrected chi connectivity index (χ1v) is 3.24. The highest BCUT2D eigenvalue weighted by Crippen LogP contribution is 2.15. The minimum atomic E-state index is -0.838. The number of hydrogen-bond acceptors (Lipinski definition) is 4. The van der Waals surface area contributed by atoms with E-state index in [2.05, 4.69) is 0 Å². The van der Waals surface area contributed by atoms with Crippen LogP contribution in [0.2, 0.25) is 0 Å². The van der Waals surface area contributed by atoms with Crippen LogP contribution in [0, 0.1) is 0 Å². The fraction of sp³-hybridized carbons (Fsp3) is 0.429. The van der Waals surface area contributed by atoms with E-state index in [9.17, 15) is 5.11 Å². The molecular formula is C7H11NO3. The van der Waals surface area contributed by atoms with Gasteiger partial charge in [-0.3, -0.25) is 4.84 Å². The zero-order chi connectivity index (χ0) is 8.27. The van der Waals surface area contributed by atoms with Crippen LogP contribution in [0.5, 0.6) is 0 Å². The average Bonchev–Trinajstić information content (AvgIpc) is 2.53. The van der Waals surface area contributed by atoms with Gasteiger partial charge in [0.25, 0.3) is 0 Å². The first kappa shape index (κ1) is 8.26. The van der Waals surface area contributed by atoms with Crippen LogP contribution >= 0.6 is 0 Å². The molecule has 0 spiro atoms. The van der Waals surface area contributed by atoms with E-state index in [0.29, 0.717) is 5.76 Å². The summed E-state index contributed by atoms with van der Waals surface area (Å²) in [6, 6.07) is 3.39. The zero-order valence-corrected chi connectivity index (χ0v) is 6.52. The van der Waals surface area contributed by atoms with Crippen molar-refractivity contribution in [2.45, 2.75) is 6.23 Å². The number of aliphatic hydroxyl groups is 1. The standard InChI is InChI=1S/C7H11NO3/c1-8(10-2)7(9)6-4-3-5-11-6/h3-5,7,9H,1-2H3. The fourth-order valence-corrected chi connectivity index (χ4v) is 0.717. The fourth-order valence-electron chi connectivity index (χ4n) is 0.717. The molecule has 11 heavy (non-hydrogen) atoms. The molecule has 0 aromatic carbocycles. The normalized spacial score (nSPS) is 13.8. The van der Waals surface area contributed by atoms with Crippen molar-refractivity contribution in [1.29, 1.82) is 0 Å². The third-order valence-corrected chi connectivity index (χ3v) is 1.43. The minimum absolute atomic E-state index is 0.467. The van der Waals surface area contributed by atoms with Crippen molar-refractivity contribution in [2.24, 2.45) is 0 Å². The summed E-state index contributed by atoms with van der Waals surface area (Å²) in [6.45, 7) is 0. The lowest BCUT2D eigenvalue weighted by atomic mass is 10.4. The second-order valence-electron chi connectivity index (χ2n) is 2.12. The molecule has 0 saturated heterocycles. The first-order valence-electron chi connectivity index (χ1n) is 3.24. The highest BCUT2D eigenvalue weighted by molar-refractivity contribution is 5.00. The Kier molecular flexibility index (Phi) is 2.64. The molecule has 0 amide bonds. The molecule has 1 N–H and O–H groups in total. The quantitative estimate of drug-likeness (QED) is 0.520. The second-order valence-corrected chi connectivity index (χ2v) is 2.12. The van der Waals surface area contributed by atoms with E-state index < -0.39 is 6.23 Å². The van der Waals surface area contributed by atoms with Crippen LogP contribution in [-0.2, 0) is 4.84 Å². The summed E-state index contributed by atoms with van der Waals surface area (Å²) < 4.78 is 4.95. The molecule has 1 atom stereocenters. The Morgan fingerprint density at radius 1 is 1.73 bits per heavy atom. The molecule has 1 unspecified atom stereocenters. The molecule has 1 aromatic heterocycles. The predicted molar refractivity (Wildman–Crippen MR) is 38.4 cm³/mol. The number of aliphatic hydroxyl groups excluding tert-OH is 1. The van der Waals surface area contributed by atoms with Crippen LogP contribution in [0.4, 0.5) is 0 Å². The Bertz CT molecular complexity index is 197. The van der Waals surface area contributed by atoms with Crippen molar-refractivity contribution in [2.75, 3.05) is 14.2 Å². The second kappa shape index (κ2) is 3.52. The molecule has 0 fully saturated rings. The van der Waals surface area contributed by atoms with Crippen molar-refractivity contribution in [3.8, 4) is 0 Å². The van der Waals surface area contributed by atoms with E-state index in [1.165, 1.54) is 18.4 Å². The molecule has 0 aliphatic heterocycles. The van der Waals surface area contributed by atoms with Crippen LogP contribution in [-0.4, -0.2) is 24.3 Å². The van der Waals surface area contributed by atoms with E-state index >= 15 is 0 Å². The first-order chi connectivity index (χ1) is 5.25. The number of rotatable bonds is 3. The van der Waals surface area contributed by atoms with Gasteiger partial charge in [-0.25, -0.2) is 0 Å². The number of hydroxylamine groups is 2. The molecule has 4 nitrogen and oxygen atoms in total. The van der Waals surface area contributed by atoms with E-state index in [1.54, 1.807) is 19.2 Å². The predicted octanol–water partition coefficient (Wildman–Crippen LogP) is 0.764. The highest BCUT2D eigenvalue weighted by atomic mass is 16.7. The van der Waals surface area contributed by atoms with Crippen LogP contribution < -0.4 is 0 Å². The Hall–Kier alpha value is -0.840. The van der Waals surface area contributed by atoms with E-state index in [-0.39, 0.29) is 0 Å². The van der Waals surface area contributed by atoms with E-state index in [1.807, 2.05) is 0 Å². The summed E-state index contributed by atoms with van der Waals surface area (Å²) in [5.41, 5.74) is 0. The largest absolute Gasteiger partial charge is 0.465 e. The molecule has 1 heterocycles. The maximum Gasteiger partial charge on any atom is 0.188 e. The number of nitrogens with zero attached hydrogens (tertiary/aromatic N) is 1. The Labute approximate surface area is 64.9 Å². The summed E-state index contributed by atoms with van der Waals surface area (Å²) in [4.78, 5) is 4.76. The maximum absolute atomic E-state index is 9.39. The molecule has 0 radical (unpaired) electrons. The monoisotopic (exact) mass is 157 g/mol. The highest BCUT2D eigenvalue weighted by Gasteiger charge is 2.14. The summed E-state index contributed by atoms with van der Waals surface area (Å²) in [5.74, 6) is 0.467. The van der Waals surface area contributed by atoms with E-state index in [0.717, 1.165) is 0 Å². The van der Waals surface area contributed by atoms with Gasteiger partial charge in [-0.1, -0.05) is 0 Å². The van der Waals surface area contributed by atoms with Gasteiger partial charge >= 0.3 is 0 Å². The molecule has 1 rings (SSSR count). The molecule has 62 valence electrons. The number of hydrogen-bond donors (Lipinski definition) is 1. The summed E-state index contributed by atoms with van der Waals surface area (Å²) in [5, 5.41) is 10.7. The molecule has 0 aliphatic rings. The molecule has 4 heteroatoms. The third-order valence-electron chi connectivity index (χ3n) is 1.43. The number of furan rings is 1. The molecule has 0 saturated carbocycles. The van der Waals surface area contributed by atoms with Gasteiger partial charge in [0.2, 0.25) is 0 Å². The lowest BCUT2D eigenvalue weighted by molar-refractivity contribution is -0.211. The van der Waals surface area contributed by atoms with Gasteiger partial charge in [0.1, 0.15) is 5.76 Å². The Balaban J connectivity index is 2.62. The van der Waals surface area contributed by atoms with Gasteiger partial charge < -0.3 is 9.52 Å². The summed E-state index contributed by atoms with van der Waals surface area (Å²) >= 11 is 0. The van der Waals surface area contributed by atoms with Gasteiger partial charge in [0.05, 0.1) is 13.4 Å². The van der Waals surface area contributed by atoms with Crippen molar-refractivity contribution in [3.05, 3.63) is 24.2 Å². The molecule has 0 aliphatic carbocycles.